The lowest BCUT2D eigenvalue weighted by Crippen LogP contribution is -2.42. The van der Waals surface area contributed by atoms with Gasteiger partial charge < -0.3 is 15.2 Å². The van der Waals surface area contributed by atoms with E-state index in [0.717, 1.165) is 47.6 Å². The van der Waals surface area contributed by atoms with Crippen molar-refractivity contribution in [3.8, 4) is 11.6 Å². The summed E-state index contributed by atoms with van der Waals surface area (Å²) in [7, 11) is 0. The van der Waals surface area contributed by atoms with Gasteiger partial charge in [-0.3, -0.25) is 0 Å². The molecule has 1 aromatic heterocycles. The largest absolute Gasteiger partial charge is 0.489 e. The first-order chi connectivity index (χ1) is 16.5. The molecule has 6 heteroatoms. The van der Waals surface area contributed by atoms with E-state index >= 15 is 0 Å². The van der Waals surface area contributed by atoms with E-state index in [-0.39, 0.29) is 11.9 Å². The van der Waals surface area contributed by atoms with Gasteiger partial charge in [0.1, 0.15) is 18.2 Å². The fraction of sp³-hybridized carbons (Fsp3) is 0.250. The first-order valence-corrected chi connectivity index (χ1v) is 11.8. The summed E-state index contributed by atoms with van der Waals surface area (Å²) < 4.78 is 25.6. The molecule has 1 aliphatic rings. The number of halogens is 2. The zero-order valence-electron chi connectivity index (χ0n) is 18.7. The monoisotopic (exact) mass is 476 g/mol. The van der Waals surface area contributed by atoms with Crippen LogP contribution in [0.4, 0.5) is 4.39 Å². The number of hydrogen-bond donors (Lipinski definition) is 1. The minimum absolute atomic E-state index is 0.0164. The number of hydrogen-bond acceptors (Lipinski definition) is 4. The number of nitrogens with zero attached hydrogens (tertiary/aromatic N) is 1. The molecule has 1 fully saturated rings. The molecular formula is C28H26ClFN2O2. The minimum Gasteiger partial charge on any atom is -0.489 e. The second-order valence-electron chi connectivity index (χ2n) is 8.87. The molecule has 5 rings (SSSR count). The Bertz CT molecular complexity index is 1270. The SMILES string of the molecule is N[C@]1(c2ccc(F)cc2)CC[C@H](Oc2cc3ccnc(OCc4ccccc4)c3cc2Cl)CC1. The number of benzene rings is 3. The van der Waals surface area contributed by atoms with E-state index in [1.54, 1.807) is 18.3 Å². The van der Waals surface area contributed by atoms with Crippen molar-refractivity contribution in [1.29, 1.82) is 0 Å². The van der Waals surface area contributed by atoms with Crippen LogP contribution in [0.1, 0.15) is 36.8 Å². The van der Waals surface area contributed by atoms with E-state index in [0.29, 0.717) is 23.3 Å². The first-order valence-electron chi connectivity index (χ1n) is 11.5. The number of pyridine rings is 1. The number of ether oxygens (including phenoxy) is 2. The summed E-state index contributed by atoms with van der Waals surface area (Å²) in [5.41, 5.74) is 8.23. The van der Waals surface area contributed by atoms with Gasteiger partial charge in [-0.05, 0) is 72.5 Å². The molecule has 0 saturated heterocycles. The molecule has 1 aliphatic carbocycles. The Morgan fingerprint density at radius 3 is 2.47 bits per heavy atom. The number of nitrogens with two attached hydrogens (primary N) is 1. The molecular weight excluding hydrogens is 451 g/mol. The Labute approximate surface area is 203 Å². The summed E-state index contributed by atoms with van der Waals surface area (Å²) in [6, 6.07) is 22.2. The third kappa shape index (κ3) is 4.86. The Kier molecular flexibility index (Phi) is 6.40. The number of rotatable bonds is 6. The third-order valence-corrected chi connectivity index (χ3v) is 6.83. The summed E-state index contributed by atoms with van der Waals surface area (Å²) in [5, 5.41) is 2.32. The molecule has 1 heterocycles. The van der Waals surface area contributed by atoms with Gasteiger partial charge in [-0.15, -0.1) is 0 Å². The van der Waals surface area contributed by atoms with Gasteiger partial charge in [0.25, 0.3) is 0 Å². The average Bonchev–Trinajstić information content (AvgIpc) is 2.86. The highest BCUT2D eigenvalue weighted by Gasteiger charge is 2.34. The van der Waals surface area contributed by atoms with Gasteiger partial charge in [0.05, 0.1) is 11.1 Å². The second-order valence-corrected chi connectivity index (χ2v) is 9.28. The number of fused-ring (bicyclic) bond motifs is 1. The van der Waals surface area contributed by atoms with Crippen LogP contribution in [0.25, 0.3) is 10.8 Å². The number of aromatic nitrogens is 1. The van der Waals surface area contributed by atoms with Crippen LogP contribution in [-0.4, -0.2) is 11.1 Å². The molecule has 34 heavy (non-hydrogen) atoms. The normalized spacial score (nSPS) is 20.3. The Morgan fingerprint density at radius 1 is 1.00 bits per heavy atom. The lowest BCUT2D eigenvalue weighted by molar-refractivity contribution is 0.118. The Balaban J connectivity index is 1.28. The van der Waals surface area contributed by atoms with Crippen LogP contribution < -0.4 is 15.2 Å². The summed E-state index contributed by atoms with van der Waals surface area (Å²) in [6.07, 6.45) is 4.86. The maximum atomic E-state index is 13.3. The maximum absolute atomic E-state index is 13.3. The van der Waals surface area contributed by atoms with Gasteiger partial charge in [-0.2, -0.15) is 0 Å². The molecule has 0 atom stereocenters. The summed E-state index contributed by atoms with van der Waals surface area (Å²) >= 11 is 6.61. The standard InChI is InChI=1S/C28H26ClFN2O2/c29-25-17-24-20(12-15-32-27(24)33-18-19-4-2-1-3-5-19)16-26(25)34-23-10-13-28(31,14-11-23)21-6-8-22(30)9-7-21/h1-9,12,15-17,23H,10-11,13-14,18,31H2/t23-,28+. The van der Waals surface area contributed by atoms with Gasteiger partial charge in [0.2, 0.25) is 5.88 Å². The van der Waals surface area contributed by atoms with Crippen LogP contribution in [0.5, 0.6) is 11.6 Å². The topological polar surface area (TPSA) is 57.4 Å². The van der Waals surface area contributed by atoms with Crippen molar-refractivity contribution in [3.63, 3.8) is 0 Å². The minimum atomic E-state index is -0.461. The van der Waals surface area contributed by atoms with Gasteiger partial charge in [0.15, 0.2) is 0 Å². The van der Waals surface area contributed by atoms with Crippen LogP contribution in [-0.2, 0) is 12.1 Å². The van der Waals surface area contributed by atoms with Crippen LogP contribution in [0.15, 0.2) is 79.0 Å². The smallest absolute Gasteiger partial charge is 0.221 e. The van der Waals surface area contributed by atoms with Gasteiger partial charge >= 0.3 is 0 Å². The molecule has 1 saturated carbocycles. The molecule has 0 radical (unpaired) electrons. The molecule has 3 aromatic carbocycles. The van der Waals surface area contributed by atoms with Crippen molar-refractivity contribution >= 4 is 22.4 Å². The molecule has 0 amide bonds. The molecule has 4 aromatic rings. The van der Waals surface area contributed by atoms with Crippen molar-refractivity contribution in [2.75, 3.05) is 0 Å². The van der Waals surface area contributed by atoms with Crippen molar-refractivity contribution < 1.29 is 13.9 Å². The van der Waals surface area contributed by atoms with E-state index < -0.39 is 5.54 Å². The lowest BCUT2D eigenvalue weighted by Gasteiger charge is -2.37. The molecule has 174 valence electrons. The Hall–Kier alpha value is -3.15. The average molecular weight is 477 g/mol. The van der Waals surface area contributed by atoms with Crippen LogP contribution in [0.2, 0.25) is 5.02 Å². The molecule has 0 spiro atoms. The summed E-state index contributed by atoms with van der Waals surface area (Å²) in [6.45, 7) is 0.430. The van der Waals surface area contributed by atoms with E-state index in [4.69, 9.17) is 26.8 Å². The highest BCUT2D eigenvalue weighted by Crippen LogP contribution is 2.39. The van der Waals surface area contributed by atoms with Crippen LogP contribution in [0, 0.1) is 5.82 Å². The van der Waals surface area contributed by atoms with Crippen LogP contribution >= 0.6 is 11.6 Å². The van der Waals surface area contributed by atoms with Crippen molar-refractivity contribution in [2.24, 2.45) is 5.73 Å². The molecule has 4 nitrogen and oxygen atoms in total. The highest BCUT2D eigenvalue weighted by molar-refractivity contribution is 6.33. The molecule has 0 aliphatic heterocycles. The highest BCUT2D eigenvalue weighted by atomic mass is 35.5. The summed E-state index contributed by atoms with van der Waals surface area (Å²) in [4.78, 5) is 4.40. The fourth-order valence-corrected chi connectivity index (χ4v) is 4.76. The molecule has 0 unspecified atom stereocenters. The lowest BCUT2D eigenvalue weighted by atomic mass is 9.76. The first kappa shape index (κ1) is 22.6. The van der Waals surface area contributed by atoms with E-state index in [1.807, 2.05) is 48.5 Å². The van der Waals surface area contributed by atoms with E-state index in [2.05, 4.69) is 4.98 Å². The van der Waals surface area contributed by atoms with Gasteiger partial charge in [0, 0.05) is 17.1 Å². The van der Waals surface area contributed by atoms with Crippen molar-refractivity contribution in [3.05, 3.63) is 101 Å². The van der Waals surface area contributed by atoms with E-state index in [1.165, 1.54) is 12.1 Å². The zero-order valence-corrected chi connectivity index (χ0v) is 19.5. The van der Waals surface area contributed by atoms with Crippen molar-refractivity contribution in [2.45, 2.75) is 43.9 Å². The second kappa shape index (κ2) is 9.61. The molecule has 0 bridgehead atoms. The quantitative estimate of drug-likeness (QED) is 0.333. The third-order valence-electron chi connectivity index (χ3n) is 6.54. The summed E-state index contributed by atoms with van der Waals surface area (Å²) in [5.74, 6) is 0.935. The fourth-order valence-electron chi connectivity index (χ4n) is 4.55. The predicted molar refractivity (Wildman–Crippen MR) is 133 cm³/mol. The van der Waals surface area contributed by atoms with Gasteiger partial charge in [-0.25, -0.2) is 9.37 Å². The van der Waals surface area contributed by atoms with E-state index in [9.17, 15) is 4.39 Å². The zero-order chi connectivity index (χ0) is 23.5. The van der Waals surface area contributed by atoms with Crippen LogP contribution in [0.3, 0.4) is 0 Å². The maximum Gasteiger partial charge on any atom is 0.221 e. The Morgan fingerprint density at radius 2 is 1.74 bits per heavy atom. The van der Waals surface area contributed by atoms with Gasteiger partial charge in [-0.1, -0.05) is 54.1 Å². The van der Waals surface area contributed by atoms with Crippen molar-refractivity contribution in [1.82, 2.24) is 4.98 Å². The molecule has 2 N–H and O–H groups in total. The predicted octanol–water partition coefficient (Wildman–Crippen LogP) is 6.78.